The molecule has 1 aromatic heterocycles. The number of hydrogen-bond donors (Lipinski definition) is 2. The van der Waals surface area contributed by atoms with Crippen LogP contribution in [0.3, 0.4) is 0 Å². The van der Waals surface area contributed by atoms with E-state index in [9.17, 15) is 28.2 Å². The van der Waals surface area contributed by atoms with Crippen LogP contribution in [-0.4, -0.2) is 52.6 Å². The Morgan fingerprint density at radius 2 is 1.66 bits per heavy atom. The predicted molar refractivity (Wildman–Crippen MR) is 126 cm³/mol. The van der Waals surface area contributed by atoms with Gasteiger partial charge in [0.25, 0.3) is 0 Å². The molecule has 0 aliphatic carbocycles. The van der Waals surface area contributed by atoms with Crippen LogP contribution in [0.5, 0.6) is 5.88 Å². The molecule has 0 aliphatic rings. The molecule has 10 heteroatoms. The van der Waals surface area contributed by atoms with Gasteiger partial charge in [-0.05, 0) is 29.3 Å². The smallest absolute Gasteiger partial charge is 0.396 e. The monoisotopic (exact) mass is 510 g/mol. The van der Waals surface area contributed by atoms with Gasteiger partial charge >= 0.3 is 12.3 Å². The number of halogens is 4. The molecule has 0 spiro atoms. The van der Waals surface area contributed by atoms with Crippen LogP contribution in [0.15, 0.2) is 60.7 Å². The van der Waals surface area contributed by atoms with E-state index in [-0.39, 0.29) is 24.5 Å². The first-order chi connectivity index (χ1) is 16.5. The summed E-state index contributed by atoms with van der Waals surface area (Å²) in [5, 5.41) is 19.5. The van der Waals surface area contributed by atoms with E-state index in [4.69, 9.17) is 16.3 Å². The second-order valence-corrected chi connectivity index (χ2v) is 9.11. The number of rotatable bonds is 8. The van der Waals surface area contributed by atoms with Crippen molar-refractivity contribution in [1.82, 2.24) is 9.47 Å². The number of amides is 1. The number of aromatic nitrogens is 1. The average Bonchev–Trinajstić information content (AvgIpc) is 3.18. The highest BCUT2D eigenvalue weighted by Crippen LogP contribution is 2.41. The number of aliphatic hydroxyl groups excluding tert-OH is 2. The average molecular weight is 511 g/mol. The van der Waals surface area contributed by atoms with E-state index in [2.05, 4.69) is 0 Å². The molecule has 188 valence electrons. The van der Waals surface area contributed by atoms with Gasteiger partial charge in [-0.25, -0.2) is 4.79 Å². The van der Waals surface area contributed by atoms with Gasteiger partial charge in [-0.3, -0.25) is 0 Å². The third kappa shape index (κ3) is 6.36. The van der Waals surface area contributed by atoms with Crippen molar-refractivity contribution in [1.29, 1.82) is 0 Å². The number of alkyl halides is 3. The number of carbonyl (C=O) groups excluding carboxylic acids is 1. The van der Waals surface area contributed by atoms with Gasteiger partial charge in [0, 0.05) is 29.6 Å². The number of benzene rings is 2. The highest BCUT2D eigenvalue weighted by molar-refractivity contribution is 6.30. The maximum atomic E-state index is 14.1. The van der Waals surface area contributed by atoms with Gasteiger partial charge in [0.15, 0.2) is 0 Å². The Morgan fingerprint density at radius 1 is 1.06 bits per heavy atom. The standard InChI is InChI=1S/C25H26ClF3N2O4/c1-24(15-32,16-33)14-30(2)23(34)35-22-20(18-8-10-19(26)11-9-18)12-21(25(27,28)29)31(22)13-17-6-4-3-5-7-17/h3-12,32-33H,13-16H2,1-2H3. The maximum absolute atomic E-state index is 14.1. The zero-order valence-corrected chi connectivity index (χ0v) is 20.0. The zero-order valence-electron chi connectivity index (χ0n) is 19.2. The van der Waals surface area contributed by atoms with Crippen LogP contribution in [0.25, 0.3) is 11.1 Å². The van der Waals surface area contributed by atoms with E-state index in [0.717, 1.165) is 15.5 Å². The van der Waals surface area contributed by atoms with Gasteiger partial charge in [-0.1, -0.05) is 61.0 Å². The Bertz CT molecular complexity index is 1140. The van der Waals surface area contributed by atoms with Crippen molar-refractivity contribution in [2.45, 2.75) is 19.6 Å². The number of carbonyl (C=O) groups is 1. The molecular weight excluding hydrogens is 485 g/mol. The summed E-state index contributed by atoms with van der Waals surface area (Å²) < 4.78 is 48.7. The third-order valence-corrected chi connectivity index (χ3v) is 5.81. The van der Waals surface area contributed by atoms with Crippen molar-refractivity contribution in [3.05, 3.63) is 76.9 Å². The van der Waals surface area contributed by atoms with Gasteiger partial charge in [0.05, 0.1) is 19.8 Å². The van der Waals surface area contributed by atoms with Gasteiger partial charge in [-0.2, -0.15) is 13.2 Å². The van der Waals surface area contributed by atoms with E-state index < -0.39 is 36.6 Å². The lowest BCUT2D eigenvalue weighted by molar-refractivity contribution is -0.143. The second kappa shape index (κ2) is 10.7. The molecule has 0 bridgehead atoms. The van der Waals surface area contributed by atoms with Crippen molar-refractivity contribution < 1.29 is 32.9 Å². The summed E-state index contributed by atoms with van der Waals surface area (Å²) in [6.45, 7) is 0.483. The van der Waals surface area contributed by atoms with Gasteiger partial charge < -0.3 is 24.4 Å². The largest absolute Gasteiger partial charge is 0.431 e. The molecule has 3 aromatic rings. The zero-order chi connectivity index (χ0) is 25.8. The molecule has 1 amide bonds. The Hall–Kier alpha value is -3.01. The summed E-state index contributed by atoms with van der Waals surface area (Å²) >= 11 is 5.95. The Balaban J connectivity index is 2.11. The number of hydrogen-bond acceptors (Lipinski definition) is 4. The molecule has 0 radical (unpaired) electrons. The molecule has 35 heavy (non-hydrogen) atoms. The minimum Gasteiger partial charge on any atom is -0.396 e. The quantitative estimate of drug-likeness (QED) is 0.431. The van der Waals surface area contributed by atoms with E-state index in [1.165, 1.54) is 19.2 Å². The Morgan fingerprint density at radius 3 is 2.20 bits per heavy atom. The van der Waals surface area contributed by atoms with Crippen molar-refractivity contribution in [2.75, 3.05) is 26.8 Å². The van der Waals surface area contributed by atoms with E-state index in [1.807, 2.05) is 0 Å². The molecule has 2 N–H and O–H groups in total. The van der Waals surface area contributed by atoms with Crippen LogP contribution in [0.2, 0.25) is 5.02 Å². The highest BCUT2D eigenvalue weighted by Gasteiger charge is 2.38. The van der Waals surface area contributed by atoms with Crippen molar-refractivity contribution in [3.63, 3.8) is 0 Å². The molecule has 0 aliphatic heterocycles. The van der Waals surface area contributed by atoms with E-state index >= 15 is 0 Å². The molecule has 2 aromatic carbocycles. The van der Waals surface area contributed by atoms with Gasteiger partial charge in [0.1, 0.15) is 5.69 Å². The summed E-state index contributed by atoms with van der Waals surface area (Å²) in [7, 11) is 1.38. The Labute approximate surface area is 206 Å². The molecular formula is C25H26ClF3N2O4. The summed E-state index contributed by atoms with van der Waals surface area (Å²) in [4.78, 5) is 14.1. The minimum absolute atomic E-state index is 0.0683. The fraction of sp³-hybridized carbons (Fsp3) is 0.320. The van der Waals surface area contributed by atoms with Crippen LogP contribution >= 0.6 is 11.6 Å². The molecule has 0 saturated heterocycles. The topological polar surface area (TPSA) is 74.9 Å². The first-order valence-electron chi connectivity index (χ1n) is 10.7. The van der Waals surface area contributed by atoms with Crippen molar-refractivity contribution in [3.8, 4) is 17.0 Å². The molecule has 0 unspecified atom stereocenters. The summed E-state index contributed by atoms with van der Waals surface area (Å²) in [5.41, 5.74) is -0.968. The van der Waals surface area contributed by atoms with Crippen molar-refractivity contribution in [2.24, 2.45) is 5.41 Å². The third-order valence-electron chi connectivity index (χ3n) is 5.55. The van der Waals surface area contributed by atoms with Crippen LogP contribution in [0.4, 0.5) is 18.0 Å². The van der Waals surface area contributed by atoms with E-state index in [1.54, 1.807) is 49.4 Å². The SMILES string of the molecule is CN(CC(C)(CO)CO)C(=O)Oc1c(-c2ccc(Cl)cc2)cc(C(F)(F)F)n1Cc1ccccc1. The summed E-state index contributed by atoms with van der Waals surface area (Å²) in [5.74, 6) is -0.282. The molecule has 0 fully saturated rings. The van der Waals surface area contributed by atoms with Crippen LogP contribution in [0, 0.1) is 5.41 Å². The second-order valence-electron chi connectivity index (χ2n) is 8.68. The van der Waals surface area contributed by atoms with Gasteiger partial charge in [-0.15, -0.1) is 0 Å². The lowest BCUT2D eigenvalue weighted by Crippen LogP contribution is -2.42. The number of ether oxygens (including phenoxy) is 1. The summed E-state index contributed by atoms with van der Waals surface area (Å²) in [6.07, 6.45) is -5.66. The minimum atomic E-state index is -4.72. The fourth-order valence-electron chi connectivity index (χ4n) is 3.58. The lowest BCUT2D eigenvalue weighted by atomic mass is 9.93. The normalized spacial score (nSPS) is 12.0. The van der Waals surface area contributed by atoms with Crippen molar-refractivity contribution >= 4 is 17.7 Å². The maximum Gasteiger partial charge on any atom is 0.431 e. The molecule has 0 saturated carbocycles. The summed E-state index contributed by atoms with van der Waals surface area (Å²) in [6, 6.07) is 15.6. The van der Waals surface area contributed by atoms with Gasteiger partial charge in [0.2, 0.25) is 5.88 Å². The highest BCUT2D eigenvalue weighted by atomic mass is 35.5. The molecule has 6 nitrogen and oxygen atoms in total. The van der Waals surface area contributed by atoms with Crippen LogP contribution in [0.1, 0.15) is 18.2 Å². The Kier molecular flexibility index (Phi) is 8.15. The molecule has 3 rings (SSSR count). The lowest BCUT2D eigenvalue weighted by Gasteiger charge is -2.30. The number of aliphatic hydroxyl groups is 2. The fourth-order valence-corrected chi connectivity index (χ4v) is 3.71. The molecule has 0 atom stereocenters. The van der Waals surface area contributed by atoms with Crippen LogP contribution < -0.4 is 4.74 Å². The first-order valence-corrected chi connectivity index (χ1v) is 11.1. The predicted octanol–water partition coefficient (Wildman–Crippen LogP) is 5.30. The first kappa shape index (κ1) is 26.6. The van der Waals surface area contributed by atoms with Crippen LogP contribution in [-0.2, 0) is 12.7 Å². The molecule has 1 heterocycles. The van der Waals surface area contributed by atoms with E-state index in [0.29, 0.717) is 16.1 Å². The number of nitrogens with zero attached hydrogens (tertiary/aromatic N) is 2.